The maximum atomic E-state index is 11.2. The summed E-state index contributed by atoms with van der Waals surface area (Å²) < 4.78 is 0. The van der Waals surface area contributed by atoms with E-state index in [1.54, 1.807) is 23.9 Å². The zero-order chi connectivity index (χ0) is 16.9. The van der Waals surface area contributed by atoms with E-state index in [0.29, 0.717) is 12.8 Å². The molecule has 2 N–H and O–H groups in total. The second-order valence-electron chi connectivity index (χ2n) is 6.15. The molecule has 0 aliphatic rings. The maximum absolute atomic E-state index is 11.2. The second kappa shape index (κ2) is 7.92. The molecule has 0 radical (unpaired) electrons. The highest BCUT2D eigenvalue weighted by molar-refractivity contribution is 7.99. The van der Waals surface area contributed by atoms with Gasteiger partial charge < -0.3 is 10.2 Å². The number of carboxylic acids is 2. The van der Waals surface area contributed by atoms with Gasteiger partial charge in [0, 0.05) is 4.90 Å². The van der Waals surface area contributed by atoms with Crippen molar-refractivity contribution >= 4 is 36.3 Å². The van der Waals surface area contributed by atoms with Crippen molar-refractivity contribution in [2.75, 3.05) is 5.75 Å². The summed E-state index contributed by atoms with van der Waals surface area (Å²) in [4.78, 5) is 22.8. The van der Waals surface area contributed by atoms with E-state index in [2.05, 4.69) is 12.6 Å². The van der Waals surface area contributed by atoms with E-state index in [4.69, 9.17) is 5.11 Å². The van der Waals surface area contributed by atoms with Crippen LogP contribution < -0.4 is 0 Å². The molecule has 6 heteroatoms. The SMILES string of the molecule is CC(C)(C)c1cc(SCCCC(S)C(=O)O)cc(C(=O)O)c1. The Balaban J connectivity index is 2.76. The van der Waals surface area contributed by atoms with Crippen LogP contribution in [-0.4, -0.2) is 33.2 Å². The van der Waals surface area contributed by atoms with E-state index in [0.717, 1.165) is 16.2 Å². The summed E-state index contributed by atoms with van der Waals surface area (Å²) in [6, 6.07) is 5.38. The molecule has 122 valence electrons. The zero-order valence-corrected chi connectivity index (χ0v) is 14.7. The van der Waals surface area contributed by atoms with Gasteiger partial charge in [0.2, 0.25) is 0 Å². The van der Waals surface area contributed by atoms with Crippen molar-refractivity contribution in [1.82, 2.24) is 0 Å². The summed E-state index contributed by atoms with van der Waals surface area (Å²) >= 11 is 5.54. The number of benzene rings is 1. The molecule has 22 heavy (non-hydrogen) atoms. The topological polar surface area (TPSA) is 74.6 Å². The van der Waals surface area contributed by atoms with Crippen molar-refractivity contribution in [3.8, 4) is 0 Å². The molecular weight excluding hydrogens is 320 g/mol. The quantitative estimate of drug-likeness (QED) is 0.398. The molecule has 1 atom stereocenters. The van der Waals surface area contributed by atoms with E-state index in [-0.39, 0.29) is 11.0 Å². The lowest BCUT2D eigenvalue weighted by molar-refractivity contribution is -0.136. The number of thioether (sulfide) groups is 1. The van der Waals surface area contributed by atoms with Crippen LogP contribution in [0, 0.1) is 0 Å². The average Bonchev–Trinajstić information content (AvgIpc) is 2.41. The van der Waals surface area contributed by atoms with Crippen LogP contribution in [0.5, 0.6) is 0 Å². The lowest BCUT2D eigenvalue weighted by Gasteiger charge is -2.20. The summed E-state index contributed by atoms with van der Waals surface area (Å²) in [5.74, 6) is -1.11. The number of hydrogen-bond acceptors (Lipinski definition) is 4. The van der Waals surface area contributed by atoms with Crippen LogP contribution >= 0.6 is 24.4 Å². The molecule has 1 unspecified atom stereocenters. The Morgan fingerprint density at radius 3 is 2.36 bits per heavy atom. The molecule has 1 aromatic carbocycles. The summed E-state index contributed by atoms with van der Waals surface area (Å²) in [7, 11) is 0. The van der Waals surface area contributed by atoms with Crippen molar-refractivity contribution < 1.29 is 19.8 Å². The fourth-order valence-corrected chi connectivity index (χ4v) is 2.98. The first-order valence-electron chi connectivity index (χ1n) is 7.04. The Bertz CT molecular complexity index is 550. The molecule has 0 fully saturated rings. The summed E-state index contributed by atoms with van der Waals surface area (Å²) in [5, 5.41) is 17.4. The van der Waals surface area contributed by atoms with Gasteiger partial charge in [-0.1, -0.05) is 20.8 Å². The standard InChI is InChI=1S/C16H22O4S2/c1-16(2,3)11-7-10(14(17)18)8-12(9-11)22-6-4-5-13(21)15(19)20/h7-9,13,21H,4-6H2,1-3H3,(H,17,18)(H,19,20). The van der Waals surface area contributed by atoms with E-state index >= 15 is 0 Å². The molecule has 0 aliphatic carbocycles. The minimum absolute atomic E-state index is 0.125. The molecular formula is C16H22O4S2. The van der Waals surface area contributed by atoms with Crippen molar-refractivity contribution in [3.05, 3.63) is 29.3 Å². The third-order valence-electron chi connectivity index (χ3n) is 3.20. The van der Waals surface area contributed by atoms with Crippen LogP contribution in [0.2, 0.25) is 0 Å². The largest absolute Gasteiger partial charge is 0.480 e. The molecule has 4 nitrogen and oxygen atoms in total. The van der Waals surface area contributed by atoms with Crippen LogP contribution in [0.3, 0.4) is 0 Å². The van der Waals surface area contributed by atoms with E-state index in [9.17, 15) is 14.7 Å². The first kappa shape index (κ1) is 18.9. The Morgan fingerprint density at radius 2 is 1.86 bits per heavy atom. The molecule has 0 saturated heterocycles. The molecule has 0 amide bonds. The predicted octanol–water partition coefficient (Wildman–Crippen LogP) is 3.94. The molecule has 1 rings (SSSR count). The zero-order valence-electron chi connectivity index (χ0n) is 13.0. The van der Waals surface area contributed by atoms with Crippen LogP contribution in [0.25, 0.3) is 0 Å². The van der Waals surface area contributed by atoms with Crippen LogP contribution in [0.15, 0.2) is 23.1 Å². The van der Waals surface area contributed by atoms with Crippen molar-refractivity contribution in [2.45, 2.75) is 49.2 Å². The van der Waals surface area contributed by atoms with Crippen LogP contribution in [0.4, 0.5) is 0 Å². The molecule has 0 spiro atoms. The highest BCUT2D eigenvalue weighted by Gasteiger charge is 2.17. The number of rotatable bonds is 7. The number of hydrogen-bond donors (Lipinski definition) is 3. The first-order chi connectivity index (χ1) is 10.1. The molecule has 0 heterocycles. The lowest BCUT2D eigenvalue weighted by Crippen LogP contribution is -2.13. The summed E-state index contributed by atoms with van der Waals surface area (Å²) in [5.41, 5.74) is 1.14. The van der Waals surface area contributed by atoms with E-state index in [1.165, 1.54) is 0 Å². The lowest BCUT2D eigenvalue weighted by atomic mass is 9.86. The Labute approximate surface area is 140 Å². The molecule has 0 bridgehead atoms. The normalized spacial score (nSPS) is 12.9. The molecule has 1 aromatic rings. The van der Waals surface area contributed by atoms with Gasteiger partial charge in [-0.2, -0.15) is 12.6 Å². The van der Waals surface area contributed by atoms with Gasteiger partial charge in [-0.25, -0.2) is 4.79 Å². The van der Waals surface area contributed by atoms with Gasteiger partial charge in [-0.05, 0) is 47.8 Å². The van der Waals surface area contributed by atoms with Gasteiger partial charge in [0.25, 0.3) is 0 Å². The van der Waals surface area contributed by atoms with Crippen molar-refractivity contribution in [2.24, 2.45) is 0 Å². The third-order valence-corrected chi connectivity index (χ3v) is 4.74. The minimum Gasteiger partial charge on any atom is -0.480 e. The first-order valence-corrected chi connectivity index (χ1v) is 8.54. The number of carbonyl (C=O) groups is 2. The van der Waals surface area contributed by atoms with Gasteiger partial charge in [-0.15, -0.1) is 11.8 Å². The van der Waals surface area contributed by atoms with Gasteiger partial charge in [0.15, 0.2) is 0 Å². The number of carboxylic acid groups (broad SMARTS) is 2. The highest BCUT2D eigenvalue weighted by atomic mass is 32.2. The fourth-order valence-electron chi connectivity index (χ4n) is 1.83. The highest BCUT2D eigenvalue weighted by Crippen LogP contribution is 2.29. The molecule has 0 aromatic heterocycles. The van der Waals surface area contributed by atoms with E-state index < -0.39 is 17.2 Å². The Morgan fingerprint density at radius 1 is 1.23 bits per heavy atom. The third kappa shape index (κ3) is 5.93. The van der Waals surface area contributed by atoms with Crippen LogP contribution in [0.1, 0.15) is 49.5 Å². The monoisotopic (exact) mass is 342 g/mol. The smallest absolute Gasteiger partial charge is 0.335 e. The average molecular weight is 342 g/mol. The van der Waals surface area contributed by atoms with Gasteiger partial charge in [-0.3, -0.25) is 4.79 Å². The van der Waals surface area contributed by atoms with Crippen LogP contribution in [-0.2, 0) is 10.2 Å². The Kier molecular flexibility index (Phi) is 6.81. The molecule has 0 aliphatic heterocycles. The van der Waals surface area contributed by atoms with Gasteiger partial charge in [0.05, 0.1) is 10.8 Å². The Hall–Kier alpha value is -1.14. The number of aliphatic carboxylic acids is 1. The molecule has 0 saturated carbocycles. The fraction of sp³-hybridized carbons (Fsp3) is 0.500. The number of aromatic carboxylic acids is 1. The minimum atomic E-state index is -0.936. The summed E-state index contributed by atoms with van der Waals surface area (Å²) in [6.45, 7) is 6.13. The van der Waals surface area contributed by atoms with Crippen molar-refractivity contribution in [3.63, 3.8) is 0 Å². The van der Waals surface area contributed by atoms with Gasteiger partial charge in [0.1, 0.15) is 0 Å². The predicted molar refractivity (Wildman–Crippen MR) is 92.5 cm³/mol. The van der Waals surface area contributed by atoms with Crippen molar-refractivity contribution in [1.29, 1.82) is 0 Å². The van der Waals surface area contributed by atoms with E-state index in [1.807, 2.05) is 26.8 Å². The summed E-state index contributed by atoms with van der Waals surface area (Å²) in [6.07, 6.45) is 1.21. The number of thiol groups is 1. The maximum Gasteiger partial charge on any atom is 0.335 e. The van der Waals surface area contributed by atoms with Gasteiger partial charge >= 0.3 is 11.9 Å². The second-order valence-corrected chi connectivity index (χ2v) is 7.94.